The van der Waals surface area contributed by atoms with E-state index in [4.69, 9.17) is 11.6 Å². The molecule has 2 nitrogen and oxygen atoms in total. The quantitative estimate of drug-likeness (QED) is 0.484. The van der Waals surface area contributed by atoms with Crippen molar-refractivity contribution >= 4 is 33.8 Å². The Kier molecular flexibility index (Phi) is 3.95. The highest BCUT2D eigenvalue weighted by atomic mass is 79.9. The molecular formula is C8H5BrClF2NO. The largest absolute Gasteiger partial charge is 0.298 e. The number of rotatable bonds is 3. The van der Waals surface area contributed by atoms with E-state index in [1.54, 1.807) is 0 Å². The molecule has 0 aliphatic rings. The summed E-state index contributed by atoms with van der Waals surface area (Å²) in [7, 11) is 0. The van der Waals surface area contributed by atoms with Crippen LogP contribution >= 0.6 is 27.5 Å². The molecule has 0 spiro atoms. The number of aldehydes is 1. The molecule has 0 amide bonds. The molecule has 1 aromatic rings. The molecule has 76 valence electrons. The second kappa shape index (κ2) is 4.79. The minimum atomic E-state index is -2.72. The van der Waals surface area contributed by atoms with Gasteiger partial charge >= 0.3 is 0 Å². The summed E-state index contributed by atoms with van der Waals surface area (Å²) in [6.07, 6.45) is -1.39. The van der Waals surface area contributed by atoms with Crippen LogP contribution in [0, 0.1) is 0 Å². The zero-order valence-electron chi connectivity index (χ0n) is 6.81. The number of hydrogen-bond donors (Lipinski definition) is 0. The molecule has 1 aromatic heterocycles. The van der Waals surface area contributed by atoms with Crippen molar-refractivity contribution in [3.63, 3.8) is 0 Å². The summed E-state index contributed by atoms with van der Waals surface area (Å²) < 4.78 is 25.1. The molecule has 0 unspecified atom stereocenters. The van der Waals surface area contributed by atoms with Gasteiger partial charge in [0, 0.05) is 22.9 Å². The molecular weight excluding hydrogens is 279 g/mol. The number of carbonyl (C=O) groups is 1. The lowest BCUT2D eigenvalue weighted by atomic mass is 10.1. The van der Waals surface area contributed by atoms with Crippen LogP contribution in [0.4, 0.5) is 8.78 Å². The van der Waals surface area contributed by atoms with Crippen molar-refractivity contribution in [2.24, 2.45) is 0 Å². The molecule has 0 N–H and O–H groups in total. The predicted octanol–water partition coefficient (Wildman–Crippen LogP) is 3.33. The van der Waals surface area contributed by atoms with Crippen LogP contribution in [-0.2, 0) is 5.88 Å². The van der Waals surface area contributed by atoms with E-state index in [1.165, 1.54) is 0 Å². The van der Waals surface area contributed by atoms with Gasteiger partial charge in [-0.05, 0) is 15.9 Å². The molecule has 1 heterocycles. The number of halogens is 4. The van der Waals surface area contributed by atoms with Crippen molar-refractivity contribution in [1.29, 1.82) is 0 Å². The third kappa shape index (κ3) is 2.09. The Hall–Kier alpha value is -0.550. The molecule has 0 atom stereocenters. The summed E-state index contributed by atoms with van der Waals surface area (Å²) in [6.45, 7) is 0. The van der Waals surface area contributed by atoms with Crippen LogP contribution in [0.5, 0.6) is 0 Å². The number of carbonyl (C=O) groups excluding carboxylic acids is 1. The first kappa shape index (κ1) is 11.5. The summed E-state index contributed by atoms with van der Waals surface area (Å²) in [5.74, 6) is -0.0395. The highest BCUT2D eigenvalue weighted by Crippen LogP contribution is 2.28. The smallest absolute Gasteiger partial charge is 0.266 e. The number of aromatic nitrogens is 1. The molecule has 14 heavy (non-hydrogen) atoms. The van der Waals surface area contributed by atoms with Crippen LogP contribution in [0.2, 0.25) is 0 Å². The number of alkyl halides is 3. The lowest BCUT2D eigenvalue weighted by Crippen LogP contribution is -2.01. The molecule has 0 aliphatic heterocycles. The molecule has 0 aliphatic carbocycles. The van der Waals surface area contributed by atoms with Gasteiger partial charge in [-0.3, -0.25) is 4.79 Å². The van der Waals surface area contributed by atoms with E-state index in [0.717, 1.165) is 6.20 Å². The van der Waals surface area contributed by atoms with Crippen LogP contribution in [0.25, 0.3) is 0 Å². The molecule has 0 bridgehead atoms. The van der Waals surface area contributed by atoms with Crippen molar-refractivity contribution in [3.8, 4) is 0 Å². The fourth-order valence-corrected chi connectivity index (χ4v) is 1.89. The van der Waals surface area contributed by atoms with Crippen LogP contribution in [-0.4, -0.2) is 11.3 Å². The van der Waals surface area contributed by atoms with E-state index in [1.807, 2.05) is 0 Å². The third-order valence-corrected chi connectivity index (χ3v) is 2.64. The highest BCUT2D eigenvalue weighted by Gasteiger charge is 2.18. The van der Waals surface area contributed by atoms with Gasteiger partial charge in [-0.1, -0.05) is 0 Å². The summed E-state index contributed by atoms with van der Waals surface area (Å²) in [5, 5.41) is 0. The first-order valence-corrected chi connectivity index (χ1v) is 4.91. The Morgan fingerprint density at radius 1 is 1.64 bits per heavy atom. The summed E-state index contributed by atoms with van der Waals surface area (Å²) in [6, 6.07) is 0. The Labute approximate surface area is 92.4 Å². The standard InChI is InChI=1S/C8H5BrClF2NO/c9-7-4(1-10)6(3-14)5(2-13-7)8(11)12/h2-3,8H,1H2. The maximum Gasteiger partial charge on any atom is 0.266 e. The van der Waals surface area contributed by atoms with Gasteiger partial charge in [0.25, 0.3) is 6.43 Å². The molecule has 0 aromatic carbocycles. The Bertz CT molecular complexity index is 359. The molecule has 6 heteroatoms. The van der Waals surface area contributed by atoms with Crippen molar-refractivity contribution in [2.75, 3.05) is 0 Å². The van der Waals surface area contributed by atoms with Crippen LogP contribution in [0.3, 0.4) is 0 Å². The van der Waals surface area contributed by atoms with Gasteiger partial charge < -0.3 is 0 Å². The van der Waals surface area contributed by atoms with E-state index in [-0.39, 0.29) is 17.0 Å². The SMILES string of the molecule is O=Cc1c(C(F)F)cnc(Br)c1CCl. The van der Waals surface area contributed by atoms with Gasteiger partial charge in [-0.15, -0.1) is 11.6 Å². The first-order valence-electron chi connectivity index (χ1n) is 3.58. The predicted molar refractivity (Wildman–Crippen MR) is 51.8 cm³/mol. The van der Waals surface area contributed by atoms with E-state index in [9.17, 15) is 13.6 Å². The lowest BCUT2D eigenvalue weighted by Gasteiger charge is -2.08. The summed E-state index contributed by atoms with van der Waals surface area (Å²) >= 11 is 8.55. The van der Waals surface area contributed by atoms with Gasteiger partial charge in [0.1, 0.15) is 4.60 Å². The van der Waals surface area contributed by atoms with E-state index in [0.29, 0.717) is 16.5 Å². The third-order valence-electron chi connectivity index (χ3n) is 1.69. The molecule has 1 rings (SSSR count). The van der Waals surface area contributed by atoms with Crippen LogP contribution in [0.15, 0.2) is 10.8 Å². The van der Waals surface area contributed by atoms with Gasteiger partial charge in [-0.25, -0.2) is 13.8 Å². The Balaban J connectivity index is 3.40. The zero-order valence-corrected chi connectivity index (χ0v) is 9.15. The Morgan fingerprint density at radius 3 is 2.71 bits per heavy atom. The summed E-state index contributed by atoms with van der Waals surface area (Å²) in [5.41, 5.74) is -0.185. The second-order valence-electron chi connectivity index (χ2n) is 2.45. The molecule has 0 radical (unpaired) electrons. The fraction of sp³-hybridized carbons (Fsp3) is 0.250. The normalized spacial score (nSPS) is 10.6. The van der Waals surface area contributed by atoms with Crippen molar-refractivity contribution in [3.05, 3.63) is 27.5 Å². The van der Waals surface area contributed by atoms with E-state index < -0.39 is 6.43 Å². The average Bonchev–Trinajstić information content (AvgIpc) is 2.16. The maximum atomic E-state index is 12.4. The van der Waals surface area contributed by atoms with Gasteiger partial charge in [-0.2, -0.15) is 0 Å². The van der Waals surface area contributed by atoms with Crippen LogP contribution in [0.1, 0.15) is 27.9 Å². The van der Waals surface area contributed by atoms with Crippen LogP contribution < -0.4 is 0 Å². The Morgan fingerprint density at radius 2 is 2.29 bits per heavy atom. The first-order chi connectivity index (χ1) is 6.61. The number of nitrogens with zero attached hydrogens (tertiary/aromatic N) is 1. The monoisotopic (exact) mass is 283 g/mol. The van der Waals surface area contributed by atoms with Gasteiger partial charge in [0.15, 0.2) is 6.29 Å². The van der Waals surface area contributed by atoms with Gasteiger partial charge in [0.05, 0.1) is 5.88 Å². The minimum absolute atomic E-state index is 0.0395. The average molecular weight is 284 g/mol. The maximum absolute atomic E-state index is 12.4. The minimum Gasteiger partial charge on any atom is -0.298 e. The topological polar surface area (TPSA) is 30.0 Å². The number of hydrogen-bond acceptors (Lipinski definition) is 2. The fourth-order valence-electron chi connectivity index (χ4n) is 0.999. The lowest BCUT2D eigenvalue weighted by molar-refractivity contribution is 0.110. The number of pyridine rings is 1. The molecule has 0 saturated carbocycles. The zero-order chi connectivity index (χ0) is 10.7. The molecule has 0 fully saturated rings. The summed E-state index contributed by atoms with van der Waals surface area (Å²) in [4.78, 5) is 14.3. The molecule has 0 saturated heterocycles. The van der Waals surface area contributed by atoms with Crippen molar-refractivity contribution < 1.29 is 13.6 Å². The van der Waals surface area contributed by atoms with Crippen molar-refractivity contribution in [1.82, 2.24) is 4.98 Å². The van der Waals surface area contributed by atoms with E-state index in [2.05, 4.69) is 20.9 Å². The van der Waals surface area contributed by atoms with Crippen molar-refractivity contribution in [2.45, 2.75) is 12.3 Å². The van der Waals surface area contributed by atoms with Gasteiger partial charge in [0.2, 0.25) is 0 Å². The van der Waals surface area contributed by atoms with E-state index >= 15 is 0 Å². The highest BCUT2D eigenvalue weighted by molar-refractivity contribution is 9.10. The second-order valence-corrected chi connectivity index (χ2v) is 3.47.